The molecule has 0 aliphatic carbocycles. The minimum atomic E-state index is -4.97. The third kappa shape index (κ3) is 5.17. The molecule has 3 nitrogen and oxygen atoms in total. The molecule has 0 bridgehead atoms. The van der Waals surface area contributed by atoms with Gasteiger partial charge in [0, 0.05) is 31.7 Å². The maximum atomic E-state index is 13.9. The lowest BCUT2D eigenvalue weighted by Crippen LogP contribution is -2.45. The van der Waals surface area contributed by atoms with Crippen molar-refractivity contribution in [2.45, 2.75) is 18.4 Å². The Morgan fingerprint density at radius 1 is 1.07 bits per heavy atom. The fourth-order valence-electron chi connectivity index (χ4n) is 3.41. The van der Waals surface area contributed by atoms with E-state index >= 15 is 0 Å². The lowest BCUT2D eigenvalue weighted by molar-refractivity contribution is -0.144. The molecule has 0 amide bonds. The van der Waals surface area contributed by atoms with Crippen molar-refractivity contribution in [2.24, 2.45) is 0 Å². The Morgan fingerprint density at radius 3 is 2.21 bits per heavy atom. The van der Waals surface area contributed by atoms with Gasteiger partial charge in [0.05, 0.1) is 24.3 Å². The minimum absolute atomic E-state index is 0. The van der Waals surface area contributed by atoms with Crippen LogP contribution in [0.25, 0.3) is 0 Å². The lowest BCUT2D eigenvalue weighted by Gasteiger charge is -2.37. The molecule has 11 heteroatoms. The second-order valence-corrected chi connectivity index (χ2v) is 7.16. The first-order valence-corrected chi connectivity index (χ1v) is 9.40. The summed E-state index contributed by atoms with van der Waals surface area (Å²) in [5.74, 6) is -0.420. The molecule has 1 aliphatic heterocycles. The number of halogens is 7. The van der Waals surface area contributed by atoms with E-state index in [-0.39, 0.29) is 24.0 Å². The zero-order valence-electron chi connectivity index (χ0n) is 15.2. The third-order valence-electron chi connectivity index (χ3n) is 4.64. The number of alkyl halides is 6. The van der Waals surface area contributed by atoms with Crippen LogP contribution in [0, 0.1) is 0 Å². The fourth-order valence-corrected chi connectivity index (χ4v) is 4.09. The van der Waals surface area contributed by atoms with Crippen molar-refractivity contribution >= 4 is 23.7 Å². The lowest BCUT2D eigenvalue weighted by atomic mass is 9.91. The van der Waals surface area contributed by atoms with Gasteiger partial charge in [-0.2, -0.15) is 37.7 Å². The largest absolute Gasteiger partial charge is 0.496 e. The predicted octanol–water partition coefficient (Wildman–Crippen LogP) is 5.21. The number of ether oxygens (including phenoxy) is 1. The number of piperazine rings is 1. The van der Waals surface area contributed by atoms with Crippen LogP contribution in [0.1, 0.15) is 28.3 Å². The highest BCUT2D eigenvalue weighted by Gasteiger charge is 2.43. The van der Waals surface area contributed by atoms with E-state index in [0.717, 1.165) is 7.11 Å². The smallest absolute Gasteiger partial charge is 0.416 e. The molecule has 1 aromatic heterocycles. The van der Waals surface area contributed by atoms with Gasteiger partial charge < -0.3 is 10.1 Å². The molecule has 0 radical (unpaired) electrons. The van der Waals surface area contributed by atoms with Gasteiger partial charge in [0.2, 0.25) is 0 Å². The molecule has 0 unspecified atom stereocenters. The Kier molecular flexibility index (Phi) is 7.47. The second-order valence-electron chi connectivity index (χ2n) is 6.38. The highest BCUT2D eigenvalue weighted by molar-refractivity contribution is 7.08. The molecule has 2 aromatic rings. The first-order chi connectivity index (χ1) is 13.1. The topological polar surface area (TPSA) is 24.5 Å². The maximum Gasteiger partial charge on any atom is 0.416 e. The maximum absolute atomic E-state index is 13.9. The summed E-state index contributed by atoms with van der Waals surface area (Å²) in [6.45, 7) is 2.07. The SMILES string of the molecule is COc1cc(C(F)(F)F)cc(C(F)(F)F)c1[C@H](c1ccsc1)N1CCNCC1.Cl. The zero-order valence-corrected chi connectivity index (χ0v) is 16.9. The van der Waals surface area contributed by atoms with Crippen LogP contribution in [0.2, 0.25) is 0 Å². The molecule has 1 aliphatic rings. The van der Waals surface area contributed by atoms with Gasteiger partial charge in [-0.3, -0.25) is 4.90 Å². The number of thiophene rings is 1. The van der Waals surface area contributed by atoms with Crippen LogP contribution in [0.4, 0.5) is 26.3 Å². The zero-order chi connectivity index (χ0) is 20.5. The Hall–Kier alpha value is -1.49. The molecular weight excluding hydrogens is 442 g/mol. The number of nitrogens with zero attached hydrogens (tertiary/aromatic N) is 1. The van der Waals surface area contributed by atoms with Crippen molar-refractivity contribution in [1.82, 2.24) is 10.2 Å². The number of hydrogen-bond acceptors (Lipinski definition) is 4. The number of rotatable bonds is 4. The Labute approximate surface area is 174 Å². The average molecular weight is 461 g/mol. The summed E-state index contributed by atoms with van der Waals surface area (Å²) in [5, 5.41) is 6.57. The quantitative estimate of drug-likeness (QED) is 0.634. The highest BCUT2D eigenvalue weighted by atomic mass is 35.5. The summed E-state index contributed by atoms with van der Waals surface area (Å²) in [5.41, 5.74) is -2.41. The van der Waals surface area contributed by atoms with Gasteiger partial charge >= 0.3 is 12.4 Å². The monoisotopic (exact) mass is 460 g/mol. The van der Waals surface area contributed by atoms with Crippen LogP contribution in [0.5, 0.6) is 5.75 Å². The van der Waals surface area contributed by atoms with Crippen LogP contribution in [0.3, 0.4) is 0 Å². The van der Waals surface area contributed by atoms with Crippen molar-refractivity contribution in [3.63, 3.8) is 0 Å². The van der Waals surface area contributed by atoms with Gasteiger partial charge in [-0.15, -0.1) is 12.4 Å². The molecule has 0 saturated carbocycles. The number of hydrogen-bond donors (Lipinski definition) is 1. The van der Waals surface area contributed by atoms with Crippen molar-refractivity contribution in [1.29, 1.82) is 0 Å². The summed E-state index contributed by atoms with van der Waals surface area (Å²) in [6, 6.07) is 1.66. The summed E-state index contributed by atoms with van der Waals surface area (Å²) < 4.78 is 86.2. The fraction of sp³-hybridized carbons (Fsp3) is 0.444. The highest BCUT2D eigenvalue weighted by Crippen LogP contribution is 2.47. The predicted molar refractivity (Wildman–Crippen MR) is 101 cm³/mol. The number of benzene rings is 1. The Bertz CT molecular complexity index is 804. The van der Waals surface area contributed by atoms with Crippen molar-refractivity contribution in [3.8, 4) is 5.75 Å². The van der Waals surface area contributed by atoms with Gasteiger partial charge in [-0.25, -0.2) is 0 Å². The standard InChI is InChI=1S/C18H18F6N2OS.ClH/c1-27-14-9-12(17(19,20)21)8-13(18(22,23)24)15(14)16(11-2-7-28-10-11)26-5-3-25-4-6-26;/h2,7-10,16,25H,3-6H2,1H3;1H/t16-;/m0./s1. The van der Waals surface area contributed by atoms with Crippen LogP contribution in [0.15, 0.2) is 29.0 Å². The van der Waals surface area contributed by atoms with Gasteiger partial charge in [-0.1, -0.05) is 0 Å². The molecule has 1 fully saturated rings. The summed E-state index contributed by atoms with van der Waals surface area (Å²) >= 11 is 1.32. The second kappa shape index (κ2) is 9.11. The van der Waals surface area contributed by atoms with Crippen LogP contribution < -0.4 is 10.1 Å². The molecule has 1 atom stereocenters. The molecule has 3 rings (SSSR count). The molecular formula is C18H19ClF6N2OS. The number of nitrogens with one attached hydrogen (secondary N) is 1. The summed E-state index contributed by atoms with van der Waals surface area (Å²) in [7, 11) is 1.08. The number of methoxy groups -OCH3 is 1. The van der Waals surface area contributed by atoms with E-state index in [0.29, 0.717) is 37.8 Å². The van der Waals surface area contributed by atoms with Gasteiger partial charge in [0.15, 0.2) is 0 Å². The van der Waals surface area contributed by atoms with Gasteiger partial charge in [0.1, 0.15) is 5.75 Å². The van der Waals surface area contributed by atoms with Crippen molar-refractivity contribution < 1.29 is 31.1 Å². The van der Waals surface area contributed by atoms with Gasteiger partial charge in [-0.05, 0) is 34.5 Å². The van der Waals surface area contributed by atoms with E-state index in [1.807, 2.05) is 4.90 Å². The van der Waals surface area contributed by atoms with Crippen molar-refractivity contribution in [3.05, 3.63) is 51.2 Å². The van der Waals surface area contributed by atoms with Gasteiger partial charge in [0.25, 0.3) is 0 Å². The molecule has 1 N–H and O–H groups in total. The van der Waals surface area contributed by atoms with E-state index in [1.165, 1.54) is 11.3 Å². The molecule has 0 spiro atoms. The summed E-state index contributed by atoms with van der Waals surface area (Å²) in [6.07, 6.45) is -9.88. The Balaban J connectivity index is 0.00000300. The third-order valence-corrected chi connectivity index (χ3v) is 5.35. The average Bonchev–Trinajstić information content (AvgIpc) is 3.15. The van der Waals surface area contributed by atoms with Crippen molar-refractivity contribution in [2.75, 3.05) is 33.3 Å². The normalized spacial score (nSPS) is 16.9. The van der Waals surface area contributed by atoms with E-state index in [4.69, 9.17) is 4.74 Å². The first-order valence-electron chi connectivity index (χ1n) is 8.46. The van der Waals surface area contributed by atoms with E-state index in [9.17, 15) is 26.3 Å². The molecule has 1 aromatic carbocycles. The van der Waals surface area contributed by atoms with E-state index in [2.05, 4.69) is 5.32 Å². The molecule has 29 heavy (non-hydrogen) atoms. The van der Waals surface area contributed by atoms with Crippen LogP contribution >= 0.6 is 23.7 Å². The first kappa shape index (κ1) is 23.8. The van der Waals surface area contributed by atoms with E-state index in [1.54, 1.807) is 16.8 Å². The van der Waals surface area contributed by atoms with Crippen LogP contribution in [-0.4, -0.2) is 38.2 Å². The molecule has 1 saturated heterocycles. The molecule has 162 valence electrons. The Morgan fingerprint density at radius 2 is 1.72 bits per heavy atom. The van der Waals surface area contributed by atoms with Crippen LogP contribution in [-0.2, 0) is 12.4 Å². The molecule has 2 heterocycles. The minimum Gasteiger partial charge on any atom is -0.496 e. The van der Waals surface area contributed by atoms with E-state index < -0.39 is 35.3 Å². The summed E-state index contributed by atoms with van der Waals surface area (Å²) in [4.78, 5) is 1.83.